The molecule has 0 unspecified atom stereocenters. The normalized spacial score (nSPS) is 9.79. The quantitative estimate of drug-likeness (QED) is 0.715. The Kier molecular flexibility index (Phi) is 2.45. The Morgan fingerprint density at radius 3 is 2.57 bits per heavy atom. The Morgan fingerprint density at radius 1 is 1.07 bits per heavy atom. The third-order valence-corrected chi connectivity index (χ3v) is 1.84. The molecule has 0 aliphatic heterocycles. The molecule has 0 aliphatic carbocycles. The molecule has 0 spiro atoms. The summed E-state index contributed by atoms with van der Waals surface area (Å²) in [6, 6.07) is 11.4. The van der Waals surface area contributed by atoms with Crippen molar-refractivity contribution < 1.29 is 4.74 Å². The lowest BCUT2D eigenvalue weighted by molar-refractivity contribution is 0.478. The first-order valence-corrected chi connectivity index (χ1v) is 4.35. The number of pyridine rings is 1. The lowest BCUT2D eigenvalue weighted by Gasteiger charge is -2.06. The molecule has 2 nitrogen and oxygen atoms in total. The van der Waals surface area contributed by atoms with Crippen LogP contribution in [0.4, 0.5) is 0 Å². The molecule has 0 N–H and O–H groups in total. The minimum absolute atomic E-state index is 0.693. The lowest BCUT2D eigenvalue weighted by Crippen LogP contribution is -1.87. The van der Waals surface area contributed by atoms with Crippen molar-refractivity contribution in [3.05, 3.63) is 61.3 Å². The van der Waals surface area contributed by atoms with Gasteiger partial charge in [-0.3, -0.25) is 4.98 Å². The number of hydrogen-bond acceptors (Lipinski definition) is 2. The zero-order valence-corrected chi connectivity index (χ0v) is 7.68. The van der Waals surface area contributed by atoms with Crippen LogP contribution in [0.5, 0.6) is 11.5 Å². The van der Waals surface area contributed by atoms with Crippen LogP contribution in [0, 0.1) is 6.92 Å². The first-order valence-electron chi connectivity index (χ1n) is 4.35. The molecule has 14 heavy (non-hydrogen) atoms. The second-order valence-corrected chi connectivity index (χ2v) is 2.90. The zero-order valence-electron chi connectivity index (χ0n) is 7.68. The maximum atomic E-state index is 5.58. The van der Waals surface area contributed by atoms with Crippen molar-refractivity contribution in [2.75, 3.05) is 0 Å². The summed E-state index contributed by atoms with van der Waals surface area (Å²) in [5, 5.41) is 0. The molecule has 1 radical (unpaired) electrons. The van der Waals surface area contributed by atoms with E-state index in [1.54, 1.807) is 12.4 Å². The second-order valence-electron chi connectivity index (χ2n) is 2.90. The van der Waals surface area contributed by atoms with Crippen molar-refractivity contribution in [1.82, 2.24) is 4.98 Å². The van der Waals surface area contributed by atoms with E-state index >= 15 is 0 Å². The number of para-hydroxylation sites is 1. The smallest absolute Gasteiger partial charge is 0.148 e. The monoisotopic (exact) mass is 184 g/mol. The molecule has 0 atom stereocenters. The lowest BCUT2D eigenvalue weighted by atomic mass is 10.3. The van der Waals surface area contributed by atoms with Gasteiger partial charge in [0.2, 0.25) is 0 Å². The first-order chi connectivity index (χ1) is 6.86. The van der Waals surface area contributed by atoms with Crippen molar-refractivity contribution >= 4 is 0 Å². The van der Waals surface area contributed by atoms with E-state index in [0.29, 0.717) is 5.75 Å². The number of rotatable bonds is 2. The molecular weight excluding hydrogens is 174 g/mol. The number of hydrogen-bond donors (Lipinski definition) is 0. The zero-order chi connectivity index (χ0) is 9.80. The van der Waals surface area contributed by atoms with Crippen LogP contribution in [0.3, 0.4) is 0 Å². The predicted molar refractivity (Wildman–Crippen MR) is 55.2 cm³/mol. The molecule has 0 saturated heterocycles. The minimum Gasteiger partial charge on any atom is -0.455 e. The topological polar surface area (TPSA) is 22.1 Å². The van der Waals surface area contributed by atoms with Crippen molar-refractivity contribution in [2.24, 2.45) is 0 Å². The van der Waals surface area contributed by atoms with Gasteiger partial charge < -0.3 is 4.74 Å². The summed E-state index contributed by atoms with van der Waals surface area (Å²) in [6.07, 6.45) is 3.36. The molecular formula is C12H10NO. The van der Waals surface area contributed by atoms with E-state index in [1.165, 1.54) is 0 Å². The van der Waals surface area contributed by atoms with E-state index in [-0.39, 0.29) is 0 Å². The summed E-state index contributed by atoms with van der Waals surface area (Å²) in [6.45, 7) is 3.85. The summed E-state index contributed by atoms with van der Waals surface area (Å²) >= 11 is 0. The molecule has 2 aromatic rings. The number of ether oxygens (including phenoxy) is 1. The second kappa shape index (κ2) is 3.92. The SMILES string of the molecule is [CH2]c1ccncc1Oc1ccccc1. The van der Waals surface area contributed by atoms with E-state index in [4.69, 9.17) is 4.74 Å². The Hall–Kier alpha value is -1.83. The number of aromatic nitrogens is 1. The van der Waals surface area contributed by atoms with Gasteiger partial charge in [-0.15, -0.1) is 0 Å². The van der Waals surface area contributed by atoms with Crippen LogP contribution in [-0.4, -0.2) is 4.98 Å². The Morgan fingerprint density at radius 2 is 1.86 bits per heavy atom. The van der Waals surface area contributed by atoms with E-state index in [2.05, 4.69) is 11.9 Å². The van der Waals surface area contributed by atoms with Gasteiger partial charge in [0, 0.05) is 6.20 Å². The standard InChI is InChI=1S/C12H10NO/c1-10-7-8-13-9-12(10)14-11-5-3-2-4-6-11/h2-9H,1H2. The van der Waals surface area contributed by atoms with Gasteiger partial charge in [-0.05, 0) is 30.7 Å². The third kappa shape index (κ3) is 1.91. The molecule has 0 bridgehead atoms. The van der Waals surface area contributed by atoms with Gasteiger partial charge in [0.15, 0.2) is 0 Å². The van der Waals surface area contributed by atoms with Crippen molar-refractivity contribution in [1.29, 1.82) is 0 Å². The van der Waals surface area contributed by atoms with E-state index in [0.717, 1.165) is 11.3 Å². The molecule has 0 aliphatic rings. The van der Waals surface area contributed by atoms with Gasteiger partial charge in [-0.25, -0.2) is 0 Å². The van der Waals surface area contributed by atoms with Crippen LogP contribution in [0.1, 0.15) is 5.56 Å². The molecule has 0 saturated carbocycles. The molecule has 1 heterocycles. The molecule has 0 amide bonds. The van der Waals surface area contributed by atoms with Gasteiger partial charge in [0.05, 0.1) is 6.20 Å². The van der Waals surface area contributed by atoms with Gasteiger partial charge in [-0.2, -0.15) is 0 Å². The Bertz CT molecular complexity index is 412. The minimum atomic E-state index is 0.693. The summed E-state index contributed by atoms with van der Waals surface area (Å²) in [5.74, 6) is 1.49. The van der Waals surface area contributed by atoms with Crippen LogP contribution in [0.2, 0.25) is 0 Å². The van der Waals surface area contributed by atoms with Crippen molar-refractivity contribution in [3.8, 4) is 11.5 Å². The largest absolute Gasteiger partial charge is 0.455 e. The van der Waals surface area contributed by atoms with E-state index in [9.17, 15) is 0 Å². The van der Waals surface area contributed by atoms with E-state index < -0.39 is 0 Å². The first kappa shape index (κ1) is 8.75. The molecule has 69 valence electrons. The maximum Gasteiger partial charge on any atom is 0.148 e. The highest BCUT2D eigenvalue weighted by molar-refractivity contribution is 5.36. The van der Waals surface area contributed by atoms with Gasteiger partial charge in [0.1, 0.15) is 11.5 Å². The van der Waals surface area contributed by atoms with Gasteiger partial charge in [-0.1, -0.05) is 18.2 Å². The third-order valence-electron chi connectivity index (χ3n) is 1.84. The van der Waals surface area contributed by atoms with Gasteiger partial charge >= 0.3 is 0 Å². The van der Waals surface area contributed by atoms with Crippen LogP contribution < -0.4 is 4.74 Å². The van der Waals surface area contributed by atoms with Crippen molar-refractivity contribution in [3.63, 3.8) is 0 Å². The fourth-order valence-corrected chi connectivity index (χ4v) is 1.12. The van der Waals surface area contributed by atoms with Gasteiger partial charge in [0.25, 0.3) is 0 Å². The van der Waals surface area contributed by atoms with Crippen LogP contribution in [-0.2, 0) is 0 Å². The Labute approximate surface area is 83.2 Å². The highest BCUT2D eigenvalue weighted by Gasteiger charge is 1.99. The highest BCUT2D eigenvalue weighted by atomic mass is 16.5. The number of benzene rings is 1. The molecule has 1 aromatic heterocycles. The van der Waals surface area contributed by atoms with Crippen LogP contribution in [0.25, 0.3) is 0 Å². The Balaban J connectivity index is 2.24. The average molecular weight is 184 g/mol. The predicted octanol–water partition coefficient (Wildman–Crippen LogP) is 3.06. The van der Waals surface area contributed by atoms with E-state index in [1.807, 2.05) is 36.4 Å². The van der Waals surface area contributed by atoms with Crippen LogP contribution in [0.15, 0.2) is 48.8 Å². The molecule has 2 rings (SSSR count). The number of nitrogens with zero attached hydrogens (tertiary/aromatic N) is 1. The fourth-order valence-electron chi connectivity index (χ4n) is 1.12. The van der Waals surface area contributed by atoms with Crippen LogP contribution >= 0.6 is 0 Å². The summed E-state index contributed by atoms with van der Waals surface area (Å²) in [5.41, 5.74) is 0.837. The molecule has 1 aromatic carbocycles. The summed E-state index contributed by atoms with van der Waals surface area (Å²) < 4.78 is 5.58. The summed E-state index contributed by atoms with van der Waals surface area (Å²) in [4.78, 5) is 3.98. The molecule has 0 fully saturated rings. The summed E-state index contributed by atoms with van der Waals surface area (Å²) in [7, 11) is 0. The fraction of sp³-hybridized carbons (Fsp3) is 0. The maximum absolute atomic E-state index is 5.58. The average Bonchev–Trinajstić information content (AvgIpc) is 2.23. The highest BCUT2D eigenvalue weighted by Crippen LogP contribution is 2.22. The van der Waals surface area contributed by atoms with Crippen molar-refractivity contribution in [2.45, 2.75) is 0 Å². The molecule has 2 heteroatoms.